The van der Waals surface area contributed by atoms with Crippen molar-refractivity contribution in [2.45, 2.75) is 25.8 Å². The standard InChI is InChI=1S/C10H12BrClN2/c1-2-14(8-3-4-8)10-9(11)5-7(12)6-13-10/h5-6,8H,2-4H2,1H3. The lowest BCUT2D eigenvalue weighted by molar-refractivity contribution is 0.806. The smallest absolute Gasteiger partial charge is 0.143 e. The monoisotopic (exact) mass is 274 g/mol. The van der Waals surface area contributed by atoms with Gasteiger partial charge in [0.1, 0.15) is 5.82 Å². The number of anilines is 1. The summed E-state index contributed by atoms with van der Waals surface area (Å²) in [5.41, 5.74) is 0. The molecule has 1 heterocycles. The van der Waals surface area contributed by atoms with Crippen LogP contribution in [0, 0.1) is 0 Å². The number of hydrogen-bond acceptors (Lipinski definition) is 2. The van der Waals surface area contributed by atoms with E-state index in [2.05, 4.69) is 32.7 Å². The van der Waals surface area contributed by atoms with Crippen molar-refractivity contribution in [3.05, 3.63) is 21.8 Å². The zero-order valence-corrected chi connectivity index (χ0v) is 10.3. The van der Waals surface area contributed by atoms with Crippen molar-refractivity contribution in [1.82, 2.24) is 4.98 Å². The summed E-state index contributed by atoms with van der Waals surface area (Å²) in [6.07, 6.45) is 4.27. The SMILES string of the molecule is CCN(c1ncc(Cl)cc1Br)C1CC1. The second-order valence-corrected chi connectivity index (χ2v) is 4.77. The van der Waals surface area contributed by atoms with Crippen molar-refractivity contribution in [2.75, 3.05) is 11.4 Å². The van der Waals surface area contributed by atoms with Gasteiger partial charge in [0.15, 0.2) is 0 Å². The number of rotatable bonds is 3. The van der Waals surface area contributed by atoms with Gasteiger partial charge in [0.05, 0.1) is 9.50 Å². The van der Waals surface area contributed by atoms with E-state index in [1.54, 1.807) is 6.20 Å². The molecule has 1 fully saturated rings. The van der Waals surface area contributed by atoms with Gasteiger partial charge in [-0.05, 0) is 41.8 Å². The number of halogens is 2. The lowest BCUT2D eigenvalue weighted by Gasteiger charge is -2.22. The highest BCUT2D eigenvalue weighted by Crippen LogP contribution is 2.34. The maximum absolute atomic E-state index is 5.85. The van der Waals surface area contributed by atoms with Crippen LogP contribution in [0.25, 0.3) is 0 Å². The van der Waals surface area contributed by atoms with Gasteiger partial charge in [0.2, 0.25) is 0 Å². The van der Waals surface area contributed by atoms with Gasteiger partial charge in [-0.25, -0.2) is 4.98 Å². The topological polar surface area (TPSA) is 16.1 Å². The van der Waals surface area contributed by atoms with Crippen LogP contribution in [0.5, 0.6) is 0 Å². The largest absolute Gasteiger partial charge is 0.353 e. The van der Waals surface area contributed by atoms with Crippen LogP contribution in [0.4, 0.5) is 5.82 Å². The minimum absolute atomic E-state index is 0.674. The summed E-state index contributed by atoms with van der Waals surface area (Å²) in [5.74, 6) is 1.01. The summed E-state index contributed by atoms with van der Waals surface area (Å²) < 4.78 is 0.985. The molecule has 1 aromatic rings. The van der Waals surface area contributed by atoms with E-state index in [9.17, 15) is 0 Å². The van der Waals surface area contributed by atoms with E-state index in [1.807, 2.05) is 6.07 Å². The van der Waals surface area contributed by atoms with E-state index in [0.717, 1.165) is 16.8 Å². The lowest BCUT2D eigenvalue weighted by Crippen LogP contribution is -2.26. The van der Waals surface area contributed by atoms with Crippen molar-refractivity contribution >= 4 is 33.3 Å². The van der Waals surface area contributed by atoms with E-state index in [-0.39, 0.29) is 0 Å². The molecule has 2 nitrogen and oxygen atoms in total. The van der Waals surface area contributed by atoms with Crippen molar-refractivity contribution in [1.29, 1.82) is 0 Å². The summed E-state index contributed by atoms with van der Waals surface area (Å²) >= 11 is 9.35. The van der Waals surface area contributed by atoms with Crippen LogP contribution >= 0.6 is 27.5 Å². The van der Waals surface area contributed by atoms with Crippen LogP contribution in [-0.4, -0.2) is 17.6 Å². The molecule has 1 aliphatic rings. The molecule has 0 spiro atoms. The molecule has 0 aromatic carbocycles. The highest BCUT2D eigenvalue weighted by molar-refractivity contribution is 9.10. The van der Waals surface area contributed by atoms with Gasteiger partial charge in [-0.1, -0.05) is 11.6 Å². The Morgan fingerprint density at radius 2 is 2.36 bits per heavy atom. The van der Waals surface area contributed by atoms with E-state index < -0.39 is 0 Å². The fraction of sp³-hybridized carbons (Fsp3) is 0.500. The van der Waals surface area contributed by atoms with E-state index in [0.29, 0.717) is 11.1 Å². The third-order valence-electron chi connectivity index (χ3n) is 2.39. The lowest BCUT2D eigenvalue weighted by atomic mass is 10.4. The van der Waals surface area contributed by atoms with Crippen LogP contribution in [0.1, 0.15) is 19.8 Å². The second kappa shape index (κ2) is 4.07. The van der Waals surface area contributed by atoms with Gasteiger partial charge in [-0.3, -0.25) is 0 Å². The molecule has 0 amide bonds. The fourth-order valence-corrected chi connectivity index (χ4v) is 2.45. The molecule has 0 radical (unpaired) electrons. The van der Waals surface area contributed by atoms with Crippen molar-refractivity contribution in [3.8, 4) is 0 Å². The first-order chi connectivity index (χ1) is 6.72. The van der Waals surface area contributed by atoms with E-state index in [1.165, 1.54) is 12.8 Å². The molecular formula is C10H12BrClN2. The maximum atomic E-state index is 5.85. The molecule has 14 heavy (non-hydrogen) atoms. The van der Waals surface area contributed by atoms with Gasteiger partial charge in [0.25, 0.3) is 0 Å². The Labute approximate surface area is 97.4 Å². The molecular weight excluding hydrogens is 263 g/mol. The molecule has 0 N–H and O–H groups in total. The fourth-order valence-electron chi connectivity index (χ4n) is 1.59. The molecule has 1 aromatic heterocycles. The summed E-state index contributed by atoms with van der Waals surface area (Å²) in [6.45, 7) is 3.15. The zero-order chi connectivity index (χ0) is 10.1. The molecule has 4 heteroatoms. The average molecular weight is 276 g/mol. The molecule has 2 rings (SSSR count). The number of nitrogens with zero attached hydrogens (tertiary/aromatic N) is 2. The summed E-state index contributed by atoms with van der Waals surface area (Å²) in [7, 11) is 0. The summed E-state index contributed by atoms with van der Waals surface area (Å²) in [4.78, 5) is 6.68. The third kappa shape index (κ3) is 2.04. The molecule has 0 aliphatic heterocycles. The highest BCUT2D eigenvalue weighted by Gasteiger charge is 2.29. The zero-order valence-electron chi connectivity index (χ0n) is 8.00. The van der Waals surface area contributed by atoms with Crippen molar-refractivity contribution < 1.29 is 0 Å². The summed E-state index contributed by atoms with van der Waals surface area (Å²) in [5, 5.41) is 0.674. The number of hydrogen-bond donors (Lipinski definition) is 0. The Kier molecular flexibility index (Phi) is 2.98. The predicted octanol–water partition coefficient (Wildman–Crippen LogP) is 3.49. The van der Waals surface area contributed by atoms with Gasteiger partial charge in [-0.15, -0.1) is 0 Å². The average Bonchev–Trinajstić information content (AvgIpc) is 2.93. The third-order valence-corrected chi connectivity index (χ3v) is 3.18. The van der Waals surface area contributed by atoms with Gasteiger partial charge in [-0.2, -0.15) is 0 Å². The van der Waals surface area contributed by atoms with Crippen LogP contribution in [-0.2, 0) is 0 Å². The van der Waals surface area contributed by atoms with E-state index in [4.69, 9.17) is 11.6 Å². The van der Waals surface area contributed by atoms with Gasteiger partial charge < -0.3 is 4.90 Å². The first-order valence-corrected chi connectivity index (χ1v) is 5.97. The van der Waals surface area contributed by atoms with Crippen LogP contribution in [0.15, 0.2) is 16.7 Å². The maximum Gasteiger partial charge on any atom is 0.143 e. The molecule has 76 valence electrons. The normalized spacial score (nSPS) is 15.6. The van der Waals surface area contributed by atoms with E-state index >= 15 is 0 Å². The highest BCUT2D eigenvalue weighted by atomic mass is 79.9. The minimum Gasteiger partial charge on any atom is -0.353 e. The molecule has 0 bridgehead atoms. The molecule has 0 unspecified atom stereocenters. The van der Waals surface area contributed by atoms with Crippen LogP contribution in [0.2, 0.25) is 5.02 Å². The Morgan fingerprint density at radius 3 is 2.86 bits per heavy atom. The van der Waals surface area contributed by atoms with Crippen LogP contribution < -0.4 is 4.90 Å². The Hall–Kier alpha value is -0.280. The number of aromatic nitrogens is 1. The molecule has 0 atom stereocenters. The molecule has 1 aliphatic carbocycles. The Bertz CT molecular complexity index is 339. The first-order valence-electron chi connectivity index (χ1n) is 4.80. The first kappa shape index (κ1) is 10.2. The van der Waals surface area contributed by atoms with Gasteiger partial charge >= 0.3 is 0 Å². The second-order valence-electron chi connectivity index (χ2n) is 3.48. The Balaban J connectivity index is 2.29. The van der Waals surface area contributed by atoms with Crippen LogP contribution in [0.3, 0.4) is 0 Å². The Morgan fingerprint density at radius 1 is 1.64 bits per heavy atom. The molecule has 0 saturated heterocycles. The summed E-state index contributed by atoms with van der Waals surface area (Å²) in [6, 6.07) is 2.58. The number of pyridine rings is 1. The minimum atomic E-state index is 0.674. The van der Waals surface area contributed by atoms with Crippen molar-refractivity contribution in [3.63, 3.8) is 0 Å². The van der Waals surface area contributed by atoms with Crippen molar-refractivity contribution in [2.24, 2.45) is 0 Å². The predicted molar refractivity (Wildman–Crippen MR) is 63.0 cm³/mol. The van der Waals surface area contributed by atoms with Gasteiger partial charge in [0, 0.05) is 18.8 Å². The molecule has 1 saturated carbocycles. The quantitative estimate of drug-likeness (QED) is 0.839.